The van der Waals surface area contributed by atoms with Crippen LogP contribution in [0.4, 0.5) is 0 Å². The van der Waals surface area contributed by atoms with E-state index in [1.807, 2.05) is 78.2 Å². The number of nitrogens with zero attached hydrogens (tertiary/aromatic N) is 2. The molecule has 6 nitrogen and oxygen atoms in total. The van der Waals surface area contributed by atoms with E-state index in [4.69, 9.17) is 9.72 Å². The molecule has 1 aromatic heterocycles. The van der Waals surface area contributed by atoms with E-state index in [0.717, 1.165) is 15.5 Å². The van der Waals surface area contributed by atoms with Crippen LogP contribution in [-0.2, 0) is 6.54 Å². The van der Waals surface area contributed by atoms with Crippen molar-refractivity contribution in [3.63, 3.8) is 0 Å². The summed E-state index contributed by atoms with van der Waals surface area (Å²) in [6.45, 7) is 2.31. The Morgan fingerprint density at radius 1 is 1.09 bits per heavy atom. The number of carbonyl (C=O) groups is 1. The molecule has 4 rings (SSSR count). The zero-order chi connectivity index (χ0) is 22.5. The van der Waals surface area contributed by atoms with Gasteiger partial charge in [0, 0.05) is 10.0 Å². The molecule has 2 N–H and O–H groups in total. The standard InChI is InChI=1S/C25H24BrN3O3/c1-17(27-25(31)18-8-3-2-4-9-18)24-28-22-12-5-6-13-23(22)29(24)15-20(30)16-32-21-11-7-10-19(26)14-21/h2-14,17,20,30H,15-16H2,1H3,(H,27,31)/t17-,20+/m0/s1. The summed E-state index contributed by atoms with van der Waals surface area (Å²) in [4.78, 5) is 17.4. The van der Waals surface area contributed by atoms with E-state index < -0.39 is 6.10 Å². The highest BCUT2D eigenvalue weighted by molar-refractivity contribution is 9.10. The summed E-state index contributed by atoms with van der Waals surface area (Å²) in [7, 11) is 0. The Kier molecular flexibility index (Phi) is 6.87. The fraction of sp³-hybridized carbons (Fsp3) is 0.200. The molecule has 0 saturated carbocycles. The maximum Gasteiger partial charge on any atom is 0.251 e. The molecule has 1 heterocycles. The minimum atomic E-state index is -0.762. The van der Waals surface area contributed by atoms with Crippen molar-refractivity contribution in [1.82, 2.24) is 14.9 Å². The third-order valence-electron chi connectivity index (χ3n) is 5.09. The smallest absolute Gasteiger partial charge is 0.251 e. The van der Waals surface area contributed by atoms with Gasteiger partial charge < -0.3 is 19.7 Å². The number of imidazole rings is 1. The van der Waals surface area contributed by atoms with Gasteiger partial charge in [-0.3, -0.25) is 4.79 Å². The number of ether oxygens (including phenoxy) is 1. The van der Waals surface area contributed by atoms with Crippen molar-refractivity contribution in [3.05, 3.63) is 94.7 Å². The fourth-order valence-corrected chi connectivity index (χ4v) is 3.94. The van der Waals surface area contributed by atoms with Crippen LogP contribution in [0.1, 0.15) is 29.1 Å². The van der Waals surface area contributed by atoms with Gasteiger partial charge in [0.25, 0.3) is 5.91 Å². The van der Waals surface area contributed by atoms with Crippen molar-refractivity contribution >= 4 is 32.9 Å². The molecule has 1 amide bonds. The number of aliphatic hydroxyl groups is 1. The van der Waals surface area contributed by atoms with Gasteiger partial charge in [0.05, 0.1) is 23.6 Å². The van der Waals surface area contributed by atoms with Gasteiger partial charge in [0.15, 0.2) is 0 Å². The molecule has 2 atom stereocenters. The number of aliphatic hydroxyl groups excluding tert-OH is 1. The molecule has 0 aliphatic rings. The summed E-state index contributed by atoms with van der Waals surface area (Å²) in [5.74, 6) is 1.19. The number of halogens is 1. The van der Waals surface area contributed by atoms with Crippen LogP contribution in [0.5, 0.6) is 5.75 Å². The number of nitrogens with one attached hydrogen (secondary N) is 1. The summed E-state index contributed by atoms with van der Waals surface area (Å²) in [6, 6.07) is 23.9. The number of amides is 1. The van der Waals surface area contributed by atoms with Crippen molar-refractivity contribution in [2.75, 3.05) is 6.61 Å². The normalized spacial score (nSPS) is 13.0. The van der Waals surface area contributed by atoms with Crippen LogP contribution in [0.3, 0.4) is 0 Å². The molecule has 0 unspecified atom stereocenters. The molecule has 0 aliphatic carbocycles. The van der Waals surface area contributed by atoms with E-state index in [1.54, 1.807) is 12.1 Å². The number of fused-ring (bicyclic) bond motifs is 1. The van der Waals surface area contributed by atoms with Gasteiger partial charge in [0.1, 0.15) is 24.3 Å². The van der Waals surface area contributed by atoms with Crippen LogP contribution < -0.4 is 10.1 Å². The summed E-state index contributed by atoms with van der Waals surface area (Å²) in [5.41, 5.74) is 2.29. The first-order valence-corrected chi connectivity index (χ1v) is 11.2. The van der Waals surface area contributed by atoms with E-state index in [1.165, 1.54) is 0 Å². The van der Waals surface area contributed by atoms with Gasteiger partial charge in [0.2, 0.25) is 0 Å². The van der Waals surface area contributed by atoms with Gasteiger partial charge >= 0.3 is 0 Å². The molecule has 0 fully saturated rings. The monoisotopic (exact) mass is 493 g/mol. The lowest BCUT2D eigenvalue weighted by Gasteiger charge is -2.19. The average molecular weight is 494 g/mol. The molecule has 0 spiro atoms. The Hall–Kier alpha value is -3.16. The molecule has 0 aliphatic heterocycles. The first kappa shape index (κ1) is 22.0. The van der Waals surface area contributed by atoms with Crippen LogP contribution >= 0.6 is 15.9 Å². The lowest BCUT2D eigenvalue weighted by Crippen LogP contribution is -2.30. The maximum atomic E-state index is 12.6. The number of rotatable bonds is 8. The summed E-state index contributed by atoms with van der Waals surface area (Å²) >= 11 is 3.42. The van der Waals surface area contributed by atoms with E-state index >= 15 is 0 Å². The zero-order valence-corrected chi connectivity index (χ0v) is 19.2. The first-order chi connectivity index (χ1) is 15.5. The first-order valence-electron chi connectivity index (χ1n) is 10.4. The number of para-hydroxylation sites is 2. The zero-order valence-electron chi connectivity index (χ0n) is 17.6. The summed E-state index contributed by atoms with van der Waals surface area (Å²) in [6.07, 6.45) is -0.762. The Balaban J connectivity index is 1.52. The van der Waals surface area contributed by atoms with E-state index in [-0.39, 0.29) is 25.1 Å². The van der Waals surface area contributed by atoms with E-state index in [0.29, 0.717) is 17.1 Å². The van der Waals surface area contributed by atoms with Crippen LogP contribution in [0.2, 0.25) is 0 Å². The maximum absolute atomic E-state index is 12.6. The van der Waals surface area contributed by atoms with Gasteiger partial charge in [-0.2, -0.15) is 0 Å². The molecule has 32 heavy (non-hydrogen) atoms. The van der Waals surface area contributed by atoms with Crippen molar-refractivity contribution in [2.45, 2.75) is 25.6 Å². The largest absolute Gasteiger partial charge is 0.491 e. The minimum Gasteiger partial charge on any atom is -0.491 e. The number of carbonyl (C=O) groups excluding carboxylic acids is 1. The second-order valence-electron chi connectivity index (χ2n) is 7.55. The van der Waals surface area contributed by atoms with Crippen LogP contribution in [0.15, 0.2) is 83.3 Å². The van der Waals surface area contributed by atoms with Gasteiger partial charge in [-0.25, -0.2) is 4.98 Å². The highest BCUT2D eigenvalue weighted by Gasteiger charge is 2.21. The van der Waals surface area contributed by atoms with Crippen molar-refractivity contribution < 1.29 is 14.6 Å². The molecule has 0 radical (unpaired) electrons. The van der Waals surface area contributed by atoms with E-state index in [2.05, 4.69) is 21.2 Å². The van der Waals surface area contributed by atoms with E-state index in [9.17, 15) is 9.90 Å². The highest BCUT2D eigenvalue weighted by atomic mass is 79.9. The highest BCUT2D eigenvalue weighted by Crippen LogP contribution is 2.22. The quantitative estimate of drug-likeness (QED) is 0.372. The van der Waals surface area contributed by atoms with Crippen molar-refractivity contribution in [1.29, 1.82) is 0 Å². The predicted octanol–water partition coefficient (Wildman–Crippen LogP) is 4.73. The van der Waals surface area contributed by atoms with Crippen molar-refractivity contribution in [2.24, 2.45) is 0 Å². The molecule has 0 bridgehead atoms. The molecule has 4 aromatic rings. The molecule has 0 saturated heterocycles. The summed E-state index contributed by atoms with van der Waals surface area (Å²) in [5, 5.41) is 13.7. The van der Waals surface area contributed by atoms with Gasteiger partial charge in [-0.15, -0.1) is 0 Å². The Labute approximate surface area is 195 Å². The van der Waals surface area contributed by atoms with Gasteiger partial charge in [-0.05, 0) is 49.4 Å². The fourth-order valence-electron chi connectivity index (χ4n) is 3.56. The van der Waals surface area contributed by atoms with Crippen LogP contribution in [-0.4, -0.2) is 33.3 Å². The second-order valence-corrected chi connectivity index (χ2v) is 8.47. The number of aromatic nitrogens is 2. The van der Waals surface area contributed by atoms with Crippen LogP contribution in [0.25, 0.3) is 11.0 Å². The third kappa shape index (κ3) is 5.18. The third-order valence-corrected chi connectivity index (χ3v) is 5.58. The predicted molar refractivity (Wildman–Crippen MR) is 128 cm³/mol. The minimum absolute atomic E-state index is 0.132. The molecular formula is C25H24BrN3O3. The summed E-state index contributed by atoms with van der Waals surface area (Å²) < 4.78 is 8.61. The lowest BCUT2D eigenvalue weighted by atomic mass is 10.2. The molecule has 3 aromatic carbocycles. The second kappa shape index (κ2) is 9.97. The lowest BCUT2D eigenvalue weighted by molar-refractivity contribution is 0.0906. The Morgan fingerprint density at radius 2 is 1.84 bits per heavy atom. The van der Waals surface area contributed by atoms with Crippen LogP contribution in [0, 0.1) is 0 Å². The molecule has 7 heteroatoms. The van der Waals surface area contributed by atoms with Crippen molar-refractivity contribution in [3.8, 4) is 5.75 Å². The number of hydrogen-bond acceptors (Lipinski definition) is 4. The topological polar surface area (TPSA) is 76.4 Å². The Morgan fingerprint density at radius 3 is 2.62 bits per heavy atom. The number of hydrogen-bond donors (Lipinski definition) is 2. The SMILES string of the molecule is C[C@H](NC(=O)c1ccccc1)c1nc2ccccc2n1C[C@@H](O)COc1cccc(Br)c1. The molecule has 164 valence electrons. The van der Waals surface area contributed by atoms with Gasteiger partial charge in [-0.1, -0.05) is 52.3 Å². The molecular weight excluding hydrogens is 470 g/mol. The average Bonchev–Trinajstić information content (AvgIpc) is 3.17. The Bertz CT molecular complexity index is 1210. The number of benzene rings is 3.